The summed E-state index contributed by atoms with van der Waals surface area (Å²) >= 11 is 0. The molecule has 0 unspecified atom stereocenters. The normalized spacial score (nSPS) is 24.4. The zero-order valence-electron chi connectivity index (χ0n) is 18.2. The van der Waals surface area contributed by atoms with Crippen molar-refractivity contribution < 1.29 is 54.4 Å². The fourth-order valence-electron chi connectivity index (χ4n) is 4.06. The molecule has 7 N–H and O–H groups in total. The Hall–Kier alpha value is -3.84. The number of aliphatic hydroxyl groups excluding tert-OH is 3. The quantitative estimate of drug-likeness (QED) is 0.195. The lowest BCUT2D eigenvalue weighted by atomic mass is 9.89. The van der Waals surface area contributed by atoms with Crippen LogP contribution in [0, 0.1) is 0 Å². The SMILES string of the molecule is CC(=O)O[C@@H]1[C@@H](O)[C@H](O)[C@@H](CO)O[C@H]1c1c(O)cc(O)c2c(=O)cc(-c3ccc(O)c(O)c3)oc12. The molecule has 1 aliphatic rings. The molecule has 35 heavy (non-hydrogen) atoms. The van der Waals surface area contributed by atoms with Gasteiger partial charge in [0.15, 0.2) is 28.6 Å². The third kappa shape index (κ3) is 4.23. The van der Waals surface area contributed by atoms with Gasteiger partial charge in [-0.2, -0.15) is 0 Å². The molecular formula is C23H22O12. The lowest BCUT2D eigenvalue weighted by Crippen LogP contribution is -2.56. The molecule has 0 amide bonds. The number of benzene rings is 2. The fourth-order valence-corrected chi connectivity index (χ4v) is 4.06. The van der Waals surface area contributed by atoms with Crippen LogP contribution in [0.15, 0.2) is 39.5 Å². The van der Waals surface area contributed by atoms with Crippen molar-refractivity contribution in [2.24, 2.45) is 0 Å². The molecule has 0 spiro atoms. The number of fused-ring (bicyclic) bond motifs is 1. The number of carbonyl (C=O) groups is 1. The summed E-state index contributed by atoms with van der Waals surface area (Å²) in [4.78, 5) is 24.6. The minimum Gasteiger partial charge on any atom is -0.507 e. The van der Waals surface area contributed by atoms with Crippen molar-refractivity contribution in [2.75, 3.05) is 6.61 Å². The van der Waals surface area contributed by atoms with E-state index in [1.54, 1.807) is 0 Å². The first kappa shape index (κ1) is 24.3. The molecule has 186 valence electrons. The van der Waals surface area contributed by atoms with Gasteiger partial charge in [-0.25, -0.2) is 0 Å². The van der Waals surface area contributed by atoms with Crippen LogP contribution in [0.4, 0.5) is 0 Å². The number of phenols is 4. The standard InChI is InChI=1S/C23H22O12/c1-8(25)33-23-20(32)19(31)16(7-24)35-22(23)18-13(29)5-12(28)17-14(30)6-15(34-21(17)18)9-2-3-10(26)11(27)4-9/h2-6,16,19-20,22-24,26-29,31-32H,7H2,1H3/t16-,19-,20+,22+,23-/m1/s1. The van der Waals surface area contributed by atoms with Crippen LogP contribution < -0.4 is 5.43 Å². The maximum atomic E-state index is 12.9. The van der Waals surface area contributed by atoms with Crippen molar-refractivity contribution in [3.8, 4) is 34.3 Å². The van der Waals surface area contributed by atoms with Crippen molar-refractivity contribution in [3.05, 3.63) is 46.1 Å². The van der Waals surface area contributed by atoms with Gasteiger partial charge in [0.05, 0.1) is 12.2 Å². The first-order chi connectivity index (χ1) is 16.5. The van der Waals surface area contributed by atoms with Gasteiger partial charge in [-0.1, -0.05) is 0 Å². The van der Waals surface area contributed by atoms with Crippen LogP contribution in [0.1, 0.15) is 18.6 Å². The first-order valence-electron chi connectivity index (χ1n) is 10.4. The summed E-state index contributed by atoms with van der Waals surface area (Å²) in [5.74, 6) is -3.22. The highest BCUT2D eigenvalue weighted by molar-refractivity contribution is 5.89. The van der Waals surface area contributed by atoms with Crippen LogP contribution >= 0.6 is 0 Å². The van der Waals surface area contributed by atoms with E-state index in [0.717, 1.165) is 31.2 Å². The summed E-state index contributed by atoms with van der Waals surface area (Å²) in [7, 11) is 0. The molecule has 1 fully saturated rings. The Bertz CT molecular complexity index is 1350. The molecule has 12 heteroatoms. The second kappa shape index (κ2) is 9.07. The van der Waals surface area contributed by atoms with Gasteiger partial charge >= 0.3 is 5.97 Å². The largest absolute Gasteiger partial charge is 0.507 e. The van der Waals surface area contributed by atoms with Crippen LogP contribution in [-0.4, -0.2) is 72.7 Å². The van der Waals surface area contributed by atoms with Gasteiger partial charge in [0.1, 0.15) is 47.1 Å². The highest BCUT2D eigenvalue weighted by Crippen LogP contribution is 2.44. The summed E-state index contributed by atoms with van der Waals surface area (Å²) in [5, 5.41) is 70.5. The van der Waals surface area contributed by atoms with Crippen molar-refractivity contribution in [2.45, 2.75) is 37.4 Å². The second-order valence-corrected chi connectivity index (χ2v) is 8.04. The maximum absolute atomic E-state index is 12.9. The molecule has 4 rings (SSSR count). The Morgan fingerprint density at radius 3 is 2.31 bits per heavy atom. The lowest BCUT2D eigenvalue weighted by Gasteiger charge is -2.41. The third-order valence-electron chi connectivity index (χ3n) is 5.71. The average Bonchev–Trinajstić information content (AvgIpc) is 2.79. The van der Waals surface area contributed by atoms with Gasteiger partial charge in [0.2, 0.25) is 0 Å². The topological polar surface area (TPSA) is 207 Å². The van der Waals surface area contributed by atoms with Gasteiger partial charge in [-0.3, -0.25) is 9.59 Å². The lowest BCUT2D eigenvalue weighted by molar-refractivity contribution is -0.240. The van der Waals surface area contributed by atoms with E-state index in [0.29, 0.717) is 0 Å². The monoisotopic (exact) mass is 490 g/mol. The van der Waals surface area contributed by atoms with Crippen LogP contribution in [0.5, 0.6) is 23.0 Å². The van der Waals surface area contributed by atoms with Crippen LogP contribution in [0.25, 0.3) is 22.3 Å². The Balaban J connectivity index is 1.99. The van der Waals surface area contributed by atoms with Gasteiger partial charge in [0, 0.05) is 24.6 Å². The van der Waals surface area contributed by atoms with Crippen molar-refractivity contribution in [3.63, 3.8) is 0 Å². The Labute approximate surface area is 196 Å². The van der Waals surface area contributed by atoms with E-state index >= 15 is 0 Å². The highest BCUT2D eigenvalue weighted by Gasteiger charge is 2.48. The number of rotatable bonds is 4. The second-order valence-electron chi connectivity index (χ2n) is 8.04. The van der Waals surface area contributed by atoms with Gasteiger partial charge in [-0.15, -0.1) is 0 Å². The minimum atomic E-state index is -1.76. The zero-order chi connectivity index (χ0) is 25.6. The van der Waals surface area contributed by atoms with E-state index in [9.17, 15) is 45.3 Å². The van der Waals surface area contributed by atoms with Crippen LogP contribution in [0.2, 0.25) is 0 Å². The van der Waals surface area contributed by atoms with Gasteiger partial charge in [0.25, 0.3) is 0 Å². The van der Waals surface area contributed by atoms with E-state index in [1.165, 1.54) is 6.07 Å². The highest BCUT2D eigenvalue weighted by atomic mass is 16.6. The smallest absolute Gasteiger partial charge is 0.303 e. The average molecular weight is 490 g/mol. The number of hydrogen-bond donors (Lipinski definition) is 7. The van der Waals surface area contributed by atoms with Crippen molar-refractivity contribution >= 4 is 16.9 Å². The molecule has 2 aromatic carbocycles. The van der Waals surface area contributed by atoms with Crippen molar-refractivity contribution in [1.82, 2.24) is 0 Å². The van der Waals surface area contributed by atoms with Gasteiger partial charge in [-0.05, 0) is 18.2 Å². The Morgan fingerprint density at radius 2 is 1.69 bits per heavy atom. The molecule has 5 atom stereocenters. The molecule has 0 radical (unpaired) electrons. The molecule has 0 bridgehead atoms. The van der Waals surface area contributed by atoms with E-state index in [2.05, 4.69) is 0 Å². The third-order valence-corrected chi connectivity index (χ3v) is 5.71. The van der Waals surface area contributed by atoms with Crippen molar-refractivity contribution in [1.29, 1.82) is 0 Å². The first-order valence-corrected chi connectivity index (χ1v) is 10.4. The van der Waals surface area contributed by atoms with Crippen LogP contribution in [0.3, 0.4) is 0 Å². The number of aromatic hydroxyl groups is 4. The molecular weight excluding hydrogens is 468 g/mol. The van der Waals surface area contributed by atoms with E-state index in [4.69, 9.17) is 13.9 Å². The van der Waals surface area contributed by atoms with E-state index in [1.807, 2.05) is 0 Å². The fraction of sp³-hybridized carbons (Fsp3) is 0.304. The summed E-state index contributed by atoms with van der Waals surface area (Å²) in [5.41, 5.74) is -1.32. The molecule has 0 aliphatic carbocycles. The molecule has 12 nitrogen and oxygen atoms in total. The molecule has 2 heterocycles. The van der Waals surface area contributed by atoms with E-state index < -0.39 is 77.1 Å². The molecule has 3 aromatic rings. The Morgan fingerprint density at radius 1 is 0.971 bits per heavy atom. The number of aliphatic hydroxyl groups is 3. The molecule has 1 aromatic heterocycles. The maximum Gasteiger partial charge on any atom is 0.303 e. The van der Waals surface area contributed by atoms with Gasteiger partial charge < -0.3 is 49.6 Å². The zero-order valence-corrected chi connectivity index (χ0v) is 18.2. The van der Waals surface area contributed by atoms with Crippen LogP contribution in [-0.2, 0) is 14.3 Å². The molecule has 1 saturated heterocycles. The summed E-state index contributed by atoms with van der Waals surface area (Å²) in [6.45, 7) is 0.291. The predicted molar refractivity (Wildman–Crippen MR) is 117 cm³/mol. The summed E-state index contributed by atoms with van der Waals surface area (Å²) < 4.78 is 16.6. The number of phenolic OH excluding ortho intramolecular Hbond substituents is 4. The number of esters is 1. The predicted octanol–water partition coefficient (Wildman–Crippen LogP) is 0.368. The summed E-state index contributed by atoms with van der Waals surface area (Å²) in [6, 6.07) is 5.44. The number of ether oxygens (including phenoxy) is 2. The van der Waals surface area contributed by atoms with E-state index in [-0.39, 0.29) is 22.3 Å². The number of hydrogen-bond acceptors (Lipinski definition) is 12. The Kier molecular flexibility index (Phi) is 6.30. The molecule has 1 aliphatic heterocycles. The summed E-state index contributed by atoms with van der Waals surface area (Å²) in [6.07, 6.45) is -7.94. The molecule has 0 saturated carbocycles. The number of carbonyl (C=O) groups excluding carboxylic acids is 1. The minimum absolute atomic E-state index is 0.136.